The van der Waals surface area contributed by atoms with Crippen LogP contribution in [0.4, 0.5) is 15.8 Å². The van der Waals surface area contributed by atoms with Gasteiger partial charge in [-0.15, -0.1) is 0 Å². The first kappa shape index (κ1) is 11.8. The van der Waals surface area contributed by atoms with E-state index in [1.807, 2.05) is 0 Å². The fourth-order valence-corrected chi connectivity index (χ4v) is 3.18. The Morgan fingerprint density at radius 2 is 2.11 bits per heavy atom. The van der Waals surface area contributed by atoms with Gasteiger partial charge in [0, 0.05) is 6.54 Å². The van der Waals surface area contributed by atoms with Gasteiger partial charge in [-0.3, -0.25) is 0 Å². The molecular weight excluding hydrogens is 231 g/mol. The molecule has 1 heterocycles. The van der Waals surface area contributed by atoms with Crippen LogP contribution in [0.1, 0.15) is 25.7 Å². The van der Waals surface area contributed by atoms with Crippen molar-refractivity contribution in [1.82, 2.24) is 0 Å². The summed E-state index contributed by atoms with van der Waals surface area (Å²) < 4.78 is 19.0. The van der Waals surface area contributed by atoms with Gasteiger partial charge in [0.1, 0.15) is 5.82 Å². The minimum atomic E-state index is -0.273. The fourth-order valence-electron chi connectivity index (χ4n) is 3.18. The Bertz CT molecular complexity index is 436. The van der Waals surface area contributed by atoms with Crippen molar-refractivity contribution < 1.29 is 9.13 Å². The van der Waals surface area contributed by atoms with Crippen LogP contribution in [0.3, 0.4) is 0 Å². The first-order valence-electron chi connectivity index (χ1n) is 6.69. The summed E-state index contributed by atoms with van der Waals surface area (Å²) in [5.74, 6) is -0.273. The molecule has 1 aliphatic heterocycles. The number of ether oxygens (including phenoxy) is 1. The van der Waals surface area contributed by atoms with E-state index in [1.54, 1.807) is 6.07 Å². The SMILES string of the molecule is Nc1cc(F)ccc1N1CCOC2CCCCC21. The Hall–Kier alpha value is -1.29. The number of fused-ring (bicyclic) bond motifs is 1. The third-order valence-corrected chi connectivity index (χ3v) is 4.03. The lowest BCUT2D eigenvalue weighted by Crippen LogP contribution is -2.53. The summed E-state index contributed by atoms with van der Waals surface area (Å²) in [7, 11) is 0. The highest BCUT2D eigenvalue weighted by Crippen LogP contribution is 2.34. The lowest BCUT2D eigenvalue weighted by atomic mass is 9.89. The molecule has 1 saturated heterocycles. The van der Waals surface area contributed by atoms with Gasteiger partial charge in [-0.2, -0.15) is 0 Å². The third-order valence-electron chi connectivity index (χ3n) is 4.03. The number of nitrogens with zero attached hydrogens (tertiary/aromatic N) is 1. The predicted octanol–water partition coefficient (Wildman–Crippen LogP) is 2.56. The van der Waals surface area contributed by atoms with Crippen LogP contribution < -0.4 is 10.6 Å². The van der Waals surface area contributed by atoms with E-state index < -0.39 is 0 Å². The van der Waals surface area contributed by atoms with E-state index in [-0.39, 0.29) is 5.82 Å². The van der Waals surface area contributed by atoms with Crippen LogP contribution in [0.15, 0.2) is 18.2 Å². The maximum absolute atomic E-state index is 13.1. The van der Waals surface area contributed by atoms with Crippen molar-refractivity contribution in [3.05, 3.63) is 24.0 Å². The lowest BCUT2D eigenvalue weighted by Gasteiger charge is -2.45. The van der Waals surface area contributed by atoms with Crippen LogP contribution in [-0.4, -0.2) is 25.3 Å². The molecule has 1 aliphatic carbocycles. The van der Waals surface area contributed by atoms with Crippen molar-refractivity contribution in [3.8, 4) is 0 Å². The van der Waals surface area contributed by atoms with E-state index in [4.69, 9.17) is 10.5 Å². The fraction of sp³-hybridized carbons (Fsp3) is 0.571. The molecule has 0 amide bonds. The standard InChI is InChI=1S/C14H19FN2O/c15-10-5-6-12(11(16)9-10)17-7-8-18-14-4-2-1-3-13(14)17/h5-6,9,13-14H,1-4,7-8,16H2. The van der Waals surface area contributed by atoms with Crippen LogP contribution in [-0.2, 0) is 4.74 Å². The van der Waals surface area contributed by atoms with E-state index in [2.05, 4.69) is 4.90 Å². The van der Waals surface area contributed by atoms with Gasteiger partial charge >= 0.3 is 0 Å². The maximum Gasteiger partial charge on any atom is 0.125 e. The normalized spacial score (nSPS) is 27.9. The molecule has 0 aromatic heterocycles. The number of hydrogen-bond acceptors (Lipinski definition) is 3. The number of rotatable bonds is 1. The topological polar surface area (TPSA) is 38.5 Å². The Kier molecular flexibility index (Phi) is 3.12. The van der Waals surface area contributed by atoms with Gasteiger partial charge in [0.2, 0.25) is 0 Å². The molecule has 18 heavy (non-hydrogen) atoms. The van der Waals surface area contributed by atoms with Crippen LogP contribution in [0.25, 0.3) is 0 Å². The Morgan fingerprint density at radius 1 is 1.28 bits per heavy atom. The minimum Gasteiger partial charge on any atom is -0.397 e. The van der Waals surface area contributed by atoms with Gasteiger partial charge in [0.25, 0.3) is 0 Å². The first-order chi connectivity index (χ1) is 8.75. The maximum atomic E-state index is 13.1. The molecule has 2 atom stereocenters. The van der Waals surface area contributed by atoms with Crippen LogP contribution in [0.2, 0.25) is 0 Å². The Labute approximate surface area is 107 Å². The second-order valence-electron chi connectivity index (χ2n) is 5.16. The van der Waals surface area contributed by atoms with E-state index in [0.29, 0.717) is 17.8 Å². The van der Waals surface area contributed by atoms with Crippen molar-refractivity contribution in [3.63, 3.8) is 0 Å². The molecule has 98 valence electrons. The minimum absolute atomic E-state index is 0.273. The van der Waals surface area contributed by atoms with E-state index >= 15 is 0 Å². The summed E-state index contributed by atoms with van der Waals surface area (Å²) in [5, 5.41) is 0. The lowest BCUT2D eigenvalue weighted by molar-refractivity contribution is -0.00862. The monoisotopic (exact) mass is 250 g/mol. The number of morpholine rings is 1. The number of benzene rings is 1. The van der Waals surface area contributed by atoms with Gasteiger partial charge in [-0.1, -0.05) is 12.8 Å². The summed E-state index contributed by atoms with van der Waals surface area (Å²) in [5.41, 5.74) is 7.44. The van der Waals surface area contributed by atoms with Crippen molar-refractivity contribution in [1.29, 1.82) is 0 Å². The zero-order valence-corrected chi connectivity index (χ0v) is 10.4. The molecule has 0 spiro atoms. The zero-order chi connectivity index (χ0) is 12.5. The van der Waals surface area contributed by atoms with Crippen molar-refractivity contribution in [2.24, 2.45) is 0 Å². The number of anilines is 2. The first-order valence-corrected chi connectivity index (χ1v) is 6.69. The van der Waals surface area contributed by atoms with Gasteiger partial charge in [-0.05, 0) is 31.0 Å². The summed E-state index contributed by atoms with van der Waals surface area (Å²) in [6, 6.07) is 5.09. The summed E-state index contributed by atoms with van der Waals surface area (Å²) in [6.45, 7) is 1.58. The molecule has 3 rings (SSSR count). The number of nitrogens with two attached hydrogens (primary N) is 1. The quantitative estimate of drug-likeness (QED) is 0.778. The van der Waals surface area contributed by atoms with E-state index in [1.165, 1.54) is 25.0 Å². The molecule has 1 aromatic carbocycles. The second-order valence-corrected chi connectivity index (χ2v) is 5.16. The van der Waals surface area contributed by atoms with Gasteiger partial charge in [-0.25, -0.2) is 4.39 Å². The third kappa shape index (κ3) is 2.05. The van der Waals surface area contributed by atoms with Gasteiger partial charge in [0.05, 0.1) is 30.1 Å². The molecule has 2 fully saturated rings. The Balaban J connectivity index is 1.89. The summed E-state index contributed by atoms with van der Waals surface area (Å²) in [6.07, 6.45) is 5.07. The molecule has 4 heteroatoms. The number of hydrogen-bond donors (Lipinski definition) is 1. The smallest absolute Gasteiger partial charge is 0.125 e. The molecule has 3 nitrogen and oxygen atoms in total. The molecule has 2 unspecified atom stereocenters. The highest BCUT2D eigenvalue weighted by Gasteiger charge is 2.34. The molecule has 1 saturated carbocycles. The van der Waals surface area contributed by atoms with Crippen molar-refractivity contribution >= 4 is 11.4 Å². The van der Waals surface area contributed by atoms with Crippen LogP contribution in [0, 0.1) is 5.82 Å². The van der Waals surface area contributed by atoms with Gasteiger partial charge < -0.3 is 15.4 Å². The molecule has 2 aliphatic rings. The number of halogens is 1. The average molecular weight is 250 g/mol. The van der Waals surface area contributed by atoms with Crippen LogP contribution in [0.5, 0.6) is 0 Å². The predicted molar refractivity (Wildman–Crippen MR) is 70.2 cm³/mol. The zero-order valence-electron chi connectivity index (χ0n) is 10.4. The summed E-state index contributed by atoms with van der Waals surface area (Å²) in [4.78, 5) is 2.31. The van der Waals surface area contributed by atoms with E-state index in [0.717, 1.165) is 31.7 Å². The highest BCUT2D eigenvalue weighted by molar-refractivity contribution is 5.68. The number of nitrogen functional groups attached to an aromatic ring is 1. The molecule has 2 N–H and O–H groups in total. The Morgan fingerprint density at radius 3 is 2.94 bits per heavy atom. The second kappa shape index (κ2) is 4.76. The highest BCUT2D eigenvalue weighted by atomic mass is 19.1. The molecule has 0 bridgehead atoms. The van der Waals surface area contributed by atoms with Crippen molar-refractivity contribution in [2.45, 2.75) is 37.8 Å². The molecule has 1 aromatic rings. The average Bonchev–Trinajstić information content (AvgIpc) is 2.38. The van der Waals surface area contributed by atoms with E-state index in [9.17, 15) is 4.39 Å². The van der Waals surface area contributed by atoms with Crippen molar-refractivity contribution in [2.75, 3.05) is 23.8 Å². The summed E-state index contributed by atoms with van der Waals surface area (Å²) >= 11 is 0. The van der Waals surface area contributed by atoms with Crippen LogP contribution >= 0.6 is 0 Å². The molecule has 0 radical (unpaired) electrons. The van der Waals surface area contributed by atoms with Gasteiger partial charge in [0.15, 0.2) is 0 Å². The largest absolute Gasteiger partial charge is 0.397 e. The molecular formula is C14H19FN2O.